The van der Waals surface area contributed by atoms with Crippen LogP contribution in [-0.4, -0.2) is 32.6 Å². The van der Waals surface area contributed by atoms with Crippen LogP contribution in [0, 0.1) is 5.82 Å². The van der Waals surface area contributed by atoms with Gasteiger partial charge in [-0.3, -0.25) is 0 Å². The molecule has 1 aromatic carbocycles. The molecule has 1 N–H and O–H groups in total. The number of nitrogens with one attached hydrogen (secondary N) is 1. The van der Waals surface area contributed by atoms with Crippen LogP contribution in [0.4, 0.5) is 4.39 Å². The molecule has 0 aliphatic carbocycles. The Balaban J connectivity index is 2.91. The summed E-state index contributed by atoms with van der Waals surface area (Å²) < 4.78 is 13.6. The first-order chi connectivity index (χ1) is 7.04. The van der Waals surface area contributed by atoms with Gasteiger partial charge in [-0.2, -0.15) is 0 Å². The van der Waals surface area contributed by atoms with E-state index in [1.807, 2.05) is 26.0 Å². The highest BCUT2D eigenvalue weighted by atomic mass is 35.5. The lowest BCUT2D eigenvalue weighted by atomic mass is 10.1. The molecule has 0 amide bonds. The molecule has 0 fully saturated rings. The molecule has 1 aromatic rings. The predicted octanol–water partition coefficient (Wildman–Crippen LogP) is 2.30. The average Bonchev–Trinajstić information content (AvgIpc) is 2.14. The van der Waals surface area contributed by atoms with Gasteiger partial charge >= 0.3 is 0 Å². The first-order valence-electron chi connectivity index (χ1n) is 4.81. The van der Waals surface area contributed by atoms with E-state index in [0.717, 1.165) is 6.54 Å². The third-order valence-electron chi connectivity index (χ3n) is 2.23. The molecule has 0 saturated heterocycles. The van der Waals surface area contributed by atoms with Crippen molar-refractivity contribution in [2.24, 2.45) is 0 Å². The Morgan fingerprint density at radius 3 is 2.60 bits per heavy atom. The highest BCUT2D eigenvalue weighted by Gasteiger charge is 2.14. The lowest BCUT2D eigenvalue weighted by Gasteiger charge is -2.21. The van der Waals surface area contributed by atoms with Crippen molar-refractivity contribution in [2.75, 3.05) is 27.7 Å². The topological polar surface area (TPSA) is 15.3 Å². The fraction of sp³-hybridized carbons (Fsp3) is 0.455. The van der Waals surface area contributed by atoms with Gasteiger partial charge in [-0.25, -0.2) is 4.39 Å². The molecular weight excluding hydrogens is 215 g/mol. The monoisotopic (exact) mass is 230 g/mol. The smallest absolute Gasteiger partial charge is 0.129 e. The van der Waals surface area contributed by atoms with E-state index in [9.17, 15) is 4.39 Å². The van der Waals surface area contributed by atoms with Crippen molar-refractivity contribution in [3.63, 3.8) is 0 Å². The zero-order valence-electron chi connectivity index (χ0n) is 9.22. The zero-order chi connectivity index (χ0) is 11.4. The first kappa shape index (κ1) is 12.4. The molecular formula is C11H16ClFN2. The van der Waals surface area contributed by atoms with Crippen LogP contribution in [0.25, 0.3) is 0 Å². The van der Waals surface area contributed by atoms with Crippen LogP contribution in [0.5, 0.6) is 0 Å². The van der Waals surface area contributed by atoms with E-state index in [4.69, 9.17) is 11.6 Å². The Bertz CT molecular complexity index is 328. The zero-order valence-corrected chi connectivity index (χ0v) is 9.98. The maximum atomic E-state index is 13.6. The van der Waals surface area contributed by atoms with Gasteiger partial charge in [0.25, 0.3) is 0 Å². The lowest BCUT2D eigenvalue weighted by Crippen LogP contribution is -2.29. The quantitative estimate of drug-likeness (QED) is 0.854. The van der Waals surface area contributed by atoms with Crippen molar-refractivity contribution >= 4 is 11.6 Å². The molecule has 1 unspecified atom stereocenters. The van der Waals surface area contributed by atoms with Crippen molar-refractivity contribution in [3.8, 4) is 0 Å². The number of hydrogen-bond donors (Lipinski definition) is 1. The first-order valence-corrected chi connectivity index (χ1v) is 5.19. The maximum absolute atomic E-state index is 13.6. The molecule has 0 saturated carbocycles. The summed E-state index contributed by atoms with van der Waals surface area (Å²) in [7, 11) is 5.73. The molecule has 0 aliphatic rings. The lowest BCUT2D eigenvalue weighted by molar-refractivity contribution is 0.347. The minimum Gasteiger partial charge on any atom is -0.312 e. The minimum atomic E-state index is -0.260. The third-order valence-corrected chi connectivity index (χ3v) is 2.47. The Labute approximate surface area is 95.0 Å². The van der Waals surface area contributed by atoms with Crippen molar-refractivity contribution in [1.82, 2.24) is 10.2 Å². The molecule has 4 heteroatoms. The SMILES string of the molecule is CNC(CN(C)C)c1ccc(Cl)cc1F. The minimum absolute atomic E-state index is 0.0164. The predicted molar refractivity (Wildman–Crippen MR) is 61.8 cm³/mol. The summed E-state index contributed by atoms with van der Waals surface area (Å²) in [4.78, 5) is 2.01. The average molecular weight is 231 g/mol. The number of benzene rings is 1. The molecule has 0 heterocycles. The fourth-order valence-corrected chi connectivity index (χ4v) is 1.65. The van der Waals surface area contributed by atoms with Crippen LogP contribution in [0.3, 0.4) is 0 Å². The molecule has 2 nitrogen and oxygen atoms in total. The van der Waals surface area contributed by atoms with Gasteiger partial charge in [0.15, 0.2) is 0 Å². The van der Waals surface area contributed by atoms with E-state index in [1.165, 1.54) is 6.07 Å². The Morgan fingerprint density at radius 1 is 1.47 bits per heavy atom. The van der Waals surface area contributed by atoms with Crippen LogP contribution in [0.15, 0.2) is 18.2 Å². The highest BCUT2D eigenvalue weighted by molar-refractivity contribution is 6.30. The summed E-state index contributed by atoms with van der Waals surface area (Å²) >= 11 is 5.70. The van der Waals surface area contributed by atoms with Crippen LogP contribution in [-0.2, 0) is 0 Å². The van der Waals surface area contributed by atoms with E-state index in [1.54, 1.807) is 12.1 Å². The van der Waals surface area contributed by atoms with E-state index in [0.29, 0.717) is 10.6 Å². The van der Waals surface area contributed by atoms with Gasteiger partial charge in [-0.15, -0.1) is 0 Å². The molecule has 15 heavy (non-hydrogen) atoms. The third kappa shape index (κ3) is 3.45. The Hall–Kier alpha value is -0.640. The van der Waals surface area contributed by atoms with Crippen molar-refractivity contribution in [3.05, 3.63) is 34.6 Å². The summed E-state index contributed by atoms with van der Waals surface area (Å²) in [6.07, 6.45) is 0. The van der Waals surface area contributed by atoms with Gasteiger partial charge in [0.2, 0.25) is 0 Å². The Morgan fingerprint density at radius 2 is 2.13 bits per heavy atom. The largest absolute Gasteiger partial charge is 0.312 e. The number of rotatable bonds is 4. The standard InChI is InChI=1S/C11H16ClFN2/c1-14-11(7-15(2)3)9-5-4-8(12)6-10(9)13/h4-6,11,14H,7H2,1-3H3. The van der Waals surface area contributed by atoms with Crippen LogP contribution >= 0.6 is 11.6 Å². The molecule has 0 aliphatic heterocycles. The maximum Gasteiger partial charge on any atom is 0.129 e. The second kappa shape index (κ2) is 5.45. The van der Waals surface area contributed by atoms with Crippen molar-refractivity contribution < 1.29 is 4.39 Å². The molecule has 0 aromatic heterocycles. The van der Waals surface area contributed by atoms with Gasteiger partial charge in [0.05, 0.1) is 0 Å². The second-order valence-corrected chi connectivity index (χ2v) is 4.21. The number of halogens is 2. The van der Waals surface area contributed by atoms with Crippen molar-refractivity contribution in [1.29, 1.82) is 0 Å². The van der Waals surface area contributed by atoms with E-state index >= 15 is 0 Å². The fourth-order valence-electron chi connectivity index (χ4n) is 1.49. The van der Waals surface area contributed by atoms with Crippen LogP contribution < -0.4 is 5.32 Å². The van der Waals surface area contributed by atoms with E-state index < -0.39 is 0 Å². The van der Waals surface area contributed by atoms with Crippen LogP contribution in [0.2, 0.25) is 5.02 Å². The molecule has 1 atom stereocenters. The van der Waals surface area contributed by atoms with Gasteiger partial charge in [-0.05, 0) is 33.3 Å². The molecule has 0 bridgehead atoms. The highest BCUT2D eigenvalue weighted by Crippen LogP contribution is 2.20. The second-order valence-electron chi connectivity index (χ2n) is 3.77. The number of likely N-dealkylation sites (N-methyl/N-ethyl adjacent to an activating group) is 2. The van der Waals surface area contributed by atoms with E-state index in [2.05, 4.69) is 5.32 Å². The normalized spacial score (nSPS) is 13.2. The number of nitrogens with zero attached hydrogens (tertiary/aromatic N) is 1. The number of hydrogen-bond acceptors (Lipinski definition) is 2. The molecule has 0 spiro atoms. The van der Waals surface area contributed by atoms with Gasteiger partial charge in [-0.1, -0.05) is 17.7 Å². The molecule has 0 radical (unpaired) electrons. The molecule has 1 rings (SSSR count). The van der Waals surface area contributed by atoms with Crippen molar-refractivity contribution in [2.45, 2.75) is 6.04 Å². The van der Waals surface area contributed by atoms with Gasteiger partial charge < -0.3 is 10.2 Å². The molecule has 84 valence electrons. The summed E-state index contributed by atoms with van der Waals surface area (Å²) in [5.41, 5.74) is 0.649. The summed E-state index contributed by atoms with van der Waals surface area (Å²) in [5, 5.41) is 3.51. The van der Waals surface area contributed by atoms with Gasteiger partial charge in [0.1, 0.15) is 5.82 Å². The van der Waals surface area contributed by atoms with Crippen LogP contribution in [0.1, 0.15) is 11.6 Å². The summed E-state index contributed by atoms with van der Waals surface area (Å²) in [6.45, 7) is 0.745. The van der Waals surface area contributed by atoms with E-state index in [-0.39, 0.29) is 11.9 Å². The van der Waals surface area contributed by atoms with Gasteiger partial charge in [0, 0.05) is 23.2 Å². The Kier molecular flexibility index (Phi) is 4.51. The summed E-state index contributed by atoms with van der Waals surface area (Å²) in [5.74, 6) is -0.260. The summed E-state index contributed by atoms with van der Waals surface area (Å²) in [6, 6.07) is 4.76.